The van der Waals surface area contributed by atoms with Crippen molar-refractivity contribution in [3.63, 3.8) is 0 Å². The summed E-state index contributed by atoms with van der Waals surface area (Å²) >= 11 is 11.1. The molecule has 54 valence electrons. The maximum atomic E-state index is 5.69. The average Bonchev–Trinajstić information content (AvgIpc) is 1.90. The predicted molar refractivity (Wildman–Crippen MR) is 42.7 cm³/mol. The van der Waals surface area contributed by atoms with E-state index in [1.165, 1.54) is 5.54 Å². The van der Waals surface area contributed by atoms with Gasteiger partial charge in [-0.1, -0.05) is 23.2 Å². The molecule has 0 aliphatic carbocycles. The number of hydrogen-bond acceptors (Lipinski definition) is 1. The fourth-order valence-electron chi connectivity index (χ4n) is 0.595. The topological polar surface area (TPSA) is 3.24 Å². The Hall–Kier alpha value is 0.120. The highest BCUT2D eigenvalue weighted by Gasteiger charge is 1.98. The Balaban J connectivity index is 3.79. The van der Waals surface area contributed by atoms with E-state index in [0.29, 0.717) is 5.16 Å². The number of rotatable bonds is 3. The van der Waals surface area contributed by atoms with E-state index in [-0.39, 0.29) is 0 Å². The molecule has 0 bridgehead atoms. The lowest BCUT2D eigenvalue weighted by Gasteiger charge is -2.18. The molecule has 0 saturated heterocycles. The first kappa shape index (κ1) is 9.12. The molecule has 0 spiro atoms. The molecule has 0 amide bonds. The molecular formula is C6H11Cl2N. The van der Waals surface area contributed by atoms with E-state index in [4.69, 9.17) is 23.2 Å². The molecule has 0 aromatic heterocycles. The van der Waals surface area contributed by atoms with Crippen LogP contribution in [0, 0.1) is 0 Å². The van der Waals surface area contributed by atoms with E-state index in [2.05, 4.69) is 0 Å². The molecule has 9 heavy (non-hydrogen) atoms. The zero-order chi connectivity index (χ0) is 7.28. The van der Waals surface area contributed by atoms with Crippen molar-refractivity contribution in [2.45, 2.75) is 13.8 Å². The second-order valence-electron chi connectivity index (χ2n) is 1.60. The van der Waals surface area contributed by atoms with E-state index < -0.39 is 0 Å². The molecule has 0 rings (SSSR count). The Bertz CT molecular complexity index is 97.2. The Kier molecular flexibility index (Phi) is 5.02. The SMILES string of the molecule is CCN(CC)/C(Cl)=C\Cl. The van der Waals surface area contributed by atoms with Crippen LogP contribution >= 0.6 is 23.2 Å². The second-order valence-corrected chi connectivity index (χ2v) is 2.21. The molecule has 0 N–H and O–H groups in total. The Morgan fingerprint density at radius 3 is 2.00 bits per heavy atom. The summed E-state index contributed by atoms with van der Waals surface area (Å²) in [5.74, 6) is 0. The van der Waals surface area contributed by atoms with E-state index in [9.17, 15) is 0 Å². The summed E-state index contributed by atoms with van der Waals surface area (Å²) in [7, 11) is 0. The quantitative estimate of drug-likeness (QED) is 0.585. The molecule has 0 radical (unpaired) electrons. The molecular weight excluding hydrogens is 157 g/mol. The third-order valence-corrected chi connectivity index (χ3v) is 1.82. The standard InChI is InChI=1S/C6H11Cl2N/c1-3-9(4-2)6(8)5-7/h5H,3-4H2,1-2H3/b6-5-. The number of nitrogens with zero attached hydrogens (tertiary/aromatic N) is 1. The van der Waals surface area contributed by atoms with Crippen LogP contribution < -0.4 is 0 Å². The first-order valence-electron chi connectivity index (χ1n) is 2.97. The van der Waals surface area contributed by atoms with Crippen molar-refractivity contribution >= 4 is 23.2 Å². The van der Waals surface area contributed by atoms with Gasteiger partial charge in [-0.25, -0.2) is 0 Å². The van der Waals surface area contributed by atoms with Crippen molar-refractivity contribution in [1.29, 1.82) is 0 Å². The summed E-state index contributed by atoms with van der Waals surface area (Å²) < 4.78 is 0. The largest absolute Gasteiger partial charge is 0.362 e. The molecule has 3 heteroatoms. The Morgan fingerprint density at radius 1 is 1.44 bits per heavy atom. The van der Waals surface area contributed by atoms with Gasteiger partial charge in [-0.2, -0.15) is 0 Å². The van der Waals surface area contributed by atoms with E-state index in [1.807, 2.05) is 18.7 Å². The van der Waals surface area contributed by atoms with Crippen molar-refractivity contribution in [3.8, 4) is 0 Å². The predicted octanol–water partition coefficient (Wildman–Crippen LogP) is 2.60. The van der Waals surface area contributed by atoms with Crippen LogP contribution in [0.15, 0.2) is 10.7 Å². The minimum absolute atomic E-state index is 0.613. The zero-order valence-corrected chi connectivity index (χ0v) is 7.21. The maximum Gasteiger partial charge on any atom is 0.116 e. The highest BCUT2D eigenvalue weighted by Crippen LogP contribution is 2.08. The Morgan fingerprint density at radius 2 is 1.89 bits per heavy atom. The van der Waals surface area contributed by atoms with Gasteiger partial charge < -0.3 is 4.90 Å². The molecule has 0 unspecified atom stereocenters. The van der Waals surface area contributed by atoms with Gasteiger partial charge in [0.2, 0.25) is 0 Å². The van der Waals surface area contributed by atoms with E-state index in [0.717, 1.165) is 13.1 Å². The summed E-state index contributed by atoms with van der Waals surface area (Å²) in [5, 5.41) is 0.613. The van der Waals surface area contributed by atoms with Crippen molar-refractivity contribution in [3.05, 3.63) is 10.7 Å². The van der Waals surface area contributed by atoms with Crippen LogP contribution in [0.1, 0.15) is 13.8 Å². The van der Waals surface area contributed by atoms with Gasteiger partial charge in [0.15, 0.2) is 0 Å². The minimum atomic E-state index is 0.613. The lowest BCUT2D eigenvalue weighted by Crippen LogP contribution is -2.18. The third kappa shape index (κ3) is 2.97. The fourth-order valence-corrected chi connectivity index (χ4v) is 0.972. The summed E-state index contributed by atoms with van der Waals surface area (Å²) in [6, 6.07) is 0. The monoisotopic (exact) mass is 167 g/mol. The molecule has 0 heterocycles. The lowest BCUT2D eigenvalue weighted by molar-refractivity contribution is 0.407. The number of halogens is 2. The first-order valence-corrected chi connectivity index (χ1v) is 3.78. The lowest BCUT2D eigenvalue weighted by atomic mass is 10.5. The minimum Gasteiger partial charge on any atom is -0.362 e. The first-order chi connectivity index (χ1) is 4.26. The van der Waals surface area contributed by atoms with Gasteiger partial charge >= 0.3 is 0 Å². The molecule has 0 atom stereocenters. The van der Waals surface area contributed by atoms with Gasteiger partial charge in [0, 0.05) is 18.6 Å². The second kappa shape index (κ2) is 4.95. The van der Waals surface area contributed by atoms with Crippen LogP contribution in [-0.4, -0.2) is 18.0 Å². The van der Waals surface area contributed by atoms with Gasteiger partial charge in [-0.3, -0.25) is 0 Å². The molecule has 0 saturated carbocycles. The highest BCUT2D eigenvalue weighted by atomic mass is 35.5. The van der Waals surface area contributed by atoms with Crippen molar-refractivity contribution in [2.75, 3.05) is 13.1 Å². The summed E-state index contributed by atoms with van der Waals surface area (Å²) in [5.41, 5.74) is 1.38. The Labute approximate surface area is 66.2 Å². The summed E-state index contributed by atoms with van der Waals surface area (Å²) in [4.78, 5) is 1.97. The van der Waals surface area contributed by atoms with Gasteiger partial charge in [0.25, 0.3) is 0 Å². The van der Waals surface area contributed by atoms with Gasteiger partial charge in [0.05, 0.1) is 0 Å². The van der Waals surface area contributed by atoms with Gasteiger partial charge in [-0.15, -0.1) is 0 Å². The zero-order valence-electron chi connectivity index (χ0n) is 5.69. The van der Waals surface area contributed by atoms with Crippen LogP contribution in [0.5, 0.6) is 0 Å². The van der Waals surface area contributed by atoms with Crippen LogP contribution in [0.3, 0.4) is 0 Å². The molecule has 0 aliphatic heterocycles. The normalized spacial score (nSPS) is 11.8. The summed E-state index contributed by atoms with van der Waals surface area (Å²) in [6.07, 6.45) is 0. The van der Waals surface area contributed by atoms with E-state index in [1.54, 1.807) is 0 Å². The summed E-state index contributed by atoms with van der Waals surface area (Å²) in [6.45, 7) is 5.87. The third-order valence-electron chi connectivity index (χ3n) is 1.16. The van der Waals surface area contributed by atoms with Crippen molar-refractivity contribution in [1.82, 2.24) is 4.90 Å². The van der Waals surface area contributed by atoms with Crippen molar-refractivity contribution < 1.29 is 0 Å². The van der Waals surface area contributed by atoms with Gasteiger partial charge in [-0.05, 0) is 13.8 Å². The van der Waals surface area contributed by atoms with Crippen molar-refractivity contribution in [2.24, 2.45) is 0 Å². The van der Waals surface area contributed by atoms with Crippen LogP contribution in [-0.2, 0) is 0 Å². The fraction of sp³-hybridized carbons (Fsp3) is 0.667. The van der Waals surface area contributed by atoms with Crippen LogP contribution in [0.4, 0.5) is 0 Å². The maximum absolute atomic E-state index is 5.69. The van der Waals surface area contributed by atoms with E-state index >= 15 is 0 Å². The molecule has 0 fully saturated rings. The van der Waals surface area contributed by atoms with Gasteiger partial charge in [0.1, 0.15) is 5.16 Å². The smallest absolute Gasteiger partial charge is 0.116 e. The highest BCUT2D eigenvalue weighted by molar-refractivity contribution is 6.36. The molecule has 0 aliphatic rings. The molecule has 1 nitrogen and oxygen atoms in total. The molecule has 0 aromatic rings. The van der Waals surface area contributed by atoms with Crippen LogP contribution in [0.2, 0.25) is 0 Å². The number of hydrogen-bond donors (Lipinski definition) is 0. The van der Waals surface area contributed by atoms with Crippen LogP contribution in [0.25, 0.3) is 0 Å². The molecule has 0 aromatic carbocycles. The average molecular weight is 168 g/mol.